The summed E-state index contributed by atoms with van der Waals surface area (Å²) in [5, 5.41) is 23.5. The first kappa shape index (κ1) is 13.2. The Morgan fingerprint density at radius 1 is 1.44 bits per heavy atom. The third-order valence-corrected chi connectivity index (χ3v) is 2.37. The van der Waals surface area contributed by atoms with Crippen LogP contribution >= 0.6 is 0 Å². The molecular weight excluding hydrogens is 206 g/mol. The molecule has 5 heteroatoms. The molecule has 0 fully saturated rings. The third-order valence-electron chi connectivity index (χ3n) is 2.37. The Bertz CT molecular complexity index is 312. The zero-order chi connectivity index (χ0) is 12.1. The fraction of sp³-hybridized carbons (Fsp3) is 0.727. The number of hydrogen-bond acceptors (Lipinski definition) is 4. The molecule has 4 N–H and O–H groups in total. The molecule has 0 radical (unpaired) electrons. The lowest BCUT2D eigenvalue weighted by Gasteiger charge is -2.15. The van der Waals surface area contributed by atoms with Crippen molar-refractivity contribution in [2.24, 2.45) is 11.7 Å². The Kier molecular flexibility index (Phi) is 4.92. The van der Waals surface area contributed by atoms with Crippen LogP contribution < -0.4 is 5.73 Å². The second kappa shape index (κ2) is 5.98. The van der Waals surface area contributed by atoms with E-state index in [1.54, 1.807) is 17.1 Å². The maximum Gasteiger partial charge on any atom is 0.108 e. The minimum atomic E-state index is -0.899. The van der Waals surface area contributed by atoms with Gasteiger partial charge in [-0.1, -0.05) is 13.8 Å². The molecule has 0 aromatic carbocycles. The predicted molar refractivity (Wildman–Crippen MR) is 61.7 cm³/mol. The number of nitrogens with two attached hydrogens (primary N) is 1. The molecule has 5 nitrogen and oxygen atoms in total. The minimum Gasteiger partial charge on any atom is -0.390 e. The van der Waals surface area contributed by atoms with Gasteiger partial charge in [0.1, 0.15) is 6.10 Å². The molecule has 0 saturated carbocycles. The van der Waals surface area contributed by atoms with Crippen LogP contribution in [0.1, 0.15) is 31.9 Å². The molecule has 0 aliphatic carbocycles. The van der Waals surface area contributed by atoms with Crippen LogP contribution in [0.15, 0.2) is 12.4 Å². The zero-order valence-corrected chi connectivity index (χ0v) is 9.87. The highest BCUT2D eigenvalue weighted by molar-refractivity contribution is 5.09. The number of nitrogens with zero attached hydrogens (tertiary/aromatic N) is 2. The quantitative estimate of drug-likeness (QED) is 0.652. The van der Waals surface area contributed by atoms with Gasteiger partial charge in [-0.05, 0) is 18.9 Å². The molecule has 1 aromatic heterocycles. The van der Waals surface area contributed by atoms with Crippen LogP contribution in [0.25, 0.3) is 0 Å². The van der Waals surface area contributed by atoms with E-state index in [0.29, 0.717) is 24.4 Å². The molecule has 0 aliphatic rings. The SMILES string of the molecule is CC(C)Cn1cc(C(O)C(O)CCN)cn1. The number of aliphatic hydroxyl groups is 2. The Morgan fingerprint density at radius 3 is 2.69 bits per heavy atom. The summed E-state index contributed by atoms with van der Waals surface area (Å²) in [6.07, 6.45) is 2.03. The van der Waals surface area contributed by atoms with Crippen molar-refractivity contribution in [2.75, 3.05) is 6.54 Å². The summed E-state index contributed by atoms with van der Waals surface area (Å²) in [4.78, 5) is 0. The highest BCUT2D eigenvalue weighted by atomic mass is 16.3. The van der Waals surface area contributed by atoms with Gasteiger partial charge in [-0.25, -0.2) is 0 Å². The average molecular weight is 227 g/mol. The van der Waals surface area contributed by atoms with Gasteiger partial charge in [0, 0.05) is 18.3 Å². The van der Waals surface area contributed by atoms with Crippen molar-refractivity contribution in [1.29, 1.82) is 0 Å². The molecule has 1 rings (SSSR count). The number of hydrogen-bond donors (Lipinski definition) is 3. The van der Waals surface area contributed by atoms with E-state index in [-0.39, 0.29) is 0 Å². The molecule has 0 saturated heterocycles. The predicted octanol–water partition coefficient (Wildman–Crippen LogP) is 0.282. The normalized spacial score (nSPS) is 15.4. The van der Waals surface area contributed by atoms with E-state index in [0.717, 1.165) is 6.54 Å². The maximum absolute atomic E-state index is 9.81. The lowest BCUT2D eigenvalue weighted by Crippen LogP contribution is -2.21. The van der Waals surface area contributed by atoms with Gasteiger partial charge < -0.3 is 15.9 Å². The van der Waals surface area contributed by atoms with Crippen molar-refractivity contribution in [3.8, 4) is 0 Å². The van der Waals surface area contributed by atoms with Crippen LogP contribution in [0.4, 0.5) is 0 Å². The molecule has 16 heavy (non-hydrogen) atoms. The van der Waals surface area contributed by atoms with Crippen molar-refractivity contribution in [3.05, 3.63) is 18.0 Å². The van der Waals surface area contributed by atoms with Crippen LogP contribution in [-0.2, 0) is 6.54 Å². The molecule has 92 valence electrons. The molecule has 2 unspecified atom stereocenters. The second-order valence-electron chi connectivity index (χ2n) is 4.48. The number of rotatable bonds is 6. The summed E-state index contributed by atoms with van der Waals surface area (Å²) in [6.45, 7) is 5.36. The highest BCUT2D eigenvalue weighted by Crippen LogP contribution is 2.18. The van der Waals surface area contributed by atoms with Crippen LogP contribution in [-0.4, -0.2) is 32.6 Å². The summed E-state index contributed by atoms with van der Waals surface area (Å²) in [6, 6.07) is 0. The van der Waals surface area contributed by atoms with E-state index in [1.165, 1.54) is 0 Å². The van der Waals surface area contributed by atoms with Crippen LogP contribution in [0.5, 0.6) is 0 Å². The van der Waals surface area contributed by atoms with E-state index >= 15 is 0 Å². The Balaban J connectivity index is 2.62. The van der Waals surface area contributed by atoms with Gasteiger partial charge in [-0.2, -0.15) is 5.10 Å². The smallest absolute Gasteiger partial charge is 0.108 e. The van der Waals surface area contributed by atoms with E-state index in [1.807, 2.05) is 0 Å². The van der Waals surface area contributed by atoms with Crippen LogP contribution in [0.2, 0.25) is 0 Å². The third kappa shape index (κ3) is 3.59. The average Bonchev–Trinajstić information content (AvgIpc) is 2.64. The zero-order valence-electron chi connectivity index (χ0n) is 9.87. The molecule has 0 spiro atoms. The summed E-state index contributed by atoms with van der Waals surface area (Å²) in [5.41, 5.74) is 5.96. The van der Waals surface area contributed by atoms with Gasteiger partial charge >= 0.3 is 0 Å². The first-order valence-electron chi connectivity index (χ1n) is 5.63. The van der Waals surface area contributed by atoms with Crippen molar-refractivity contribution in [1.82, 2.24) is 9.78 Å². The molecule has 0 bridgehead atoms. The standard InChI is InChI=1S/C11H21N3O2/c1-8(2)6-14-7-9(5-13-14)11(16)10(15)3-4-12/h5,7-8,10-11,15-16H,3-4,6,12H2,1-2H3. The molecule has 0 amide bonds. The first-order chi connectivity index (χ1) is 7.54. The molecular formula is C11H21N3O2. The van der Waals surface area contributed by atoms with E-state index in [9.17, 15) is 10.2 Å². The number of aromatic nitrogens is 2. The monoisotopic (exact) mass is 227 g/mol. The minimum absolute atomic E-state index is 0.359. The lowest BCUT2D eigenvalue weighted by molar-refractivity contribution is 0.0149. The van der Waals surface area contributed by atoms with Gasteiger partial charge in [-0.15, -0.1) is 0 Å². The lowest BCUT2D eigenvalue weighted by atomic mass is 10.1. The Hall–Kier alpha value is -0.910. The van der Waals surface area contributed by atoms with Gasteiger partial charge in [0.15, 0.2) is 0 Å². The Morgan fingerprint density at radius 2 is 2.12 bits per heavy atom. The van der Waals surface area contributed by atoms with Crippen molar-refractivity contribution < 1.29 is 10.2 Å². The van der Waals surface area contributed by atoms with E-state index in [2.05, 4.69) is 18.9 Å². The van der Waals surface area contributed by atoms with Gasteiger partial charge in [0.2, 0.25) is 0 Å². The second-order valence-corrected chi connectivity index (χ2v) is 4.48. The topological polar surface area (TPSA) is 84.3 Å². The van der Waals surface area contributed by atoms with E-state index in [4.69, 9.17) is 5.73 Å². The maximum atomic E-state index is 9.81. The fourth-order valence-electron chi connectivity index (χ4n) is 1.56. The van der Waals surface area contributed by atoms with Gasteiger partial charge in [-0.3, -0.25) is 4.68 Å². The molecule has 2 atom stereocenters. The highest BCUT2D eigenvalue weighted by Gasteiger charge is 2.19. The summed E-state index contributed by atoms with van der Waals surface area (Å²) in [7, 11) is 0. The van der Waals surface area contributed by atoms with Gasteiger partial charge in [0.25, 0.3) is 0 Å². The van der Waals surface area contributed by atoms with Crippen LogP contribution in [0, 0.1) is 5.92 Å². The van der Waals surface area contributed by atoms with Crippen molar-refractivity contribution in [3.63, 3.8) is 0 Å². The molecule has 1 heterocycles. The van der Waals surface area contributed by atoms with Gasteiger partial charge in [0.05, 0.1) is 12.3 Å². The summed E-state index contributed by atoms with van der Waals surface area (Å²) in [5.74, 6) is 0.499. The van der Waals surface area contributed by atoms with E-state index < -0.39 is 12.2 Å². The largest absolute Gasteiger partial charge is 0.390 e. The summed E-state index contributed by atoms with van der Waals surface area (Å²) < 4.78 is 1.78. The Labute approximate surface area is 95.9 Å². The van der Waals surface area contributed by atoms with Crippen molar-refractivity contribution in [2.45, 2.75) is 39.0 Å². The number of aliphatic hydroxyl groups excluding tert-OH is 2. The van der Waals surface area contributed by atoms with Crippen molar-refractivity contribution >= 4 is 0 Å². The summed E-state index contributed by atoms with van der Waals surface area (Å²) >= 11 is 0. The molecule has 0 aliphatic heterocycles. The van der Waals surface area contributed by atoms with Crippen LogP contribution in [0.3, 0.4) is 0 Å². The first-order valence-corrected chi connectivity index (χ1v) is 5.63. The fourth-order valence-corrected chi connectivity index (χ4v) is 1.56. The molecule has 1 aromatic rings.